The zero-order chi connectivity index (χ0) is 26.8. The number of hydrogen-bond acceptors (Lipinski definition) is 9. The lowest BCUT2D eigenvalue weighted by Gasteiger charge is -2.12. The van der Waals surface area contributed by atoms with Gasteiger partial charge in [0.1, 0.15) is 23.9 Å². The summed E-state index contributed by atoms with van der Waals surface area (Å²) in [5.41, 5.74) is 4.29. The van der Waals surface area contributed by atoms with Crippen LogP contribution in [0.25, 0.3) is 16.7 Å². The van der Waals surface area contributed by atoms with E-state index in [2.05, 4.69) is 41.0 Å². The Hall–Kier alpha value is -4.22. The molecule has 3 N–H and O–H groups in total. The van der Waals surface area contributed by atoms with E-state index in [1.54, 1.807) is 23.3 Å². The normalized spacial score (nSPS) is 11.5. The van der Waals surface area contributed by atoms with E-state index in [9.17, 15) is 13.2 Å². The lowest BCUT2D eigenvalue weighted by atomic mass is 10.1. The van der Waals surface area contributed by atoms with Crippen molar-refractivity contribution in [2.45, 2.75) is 32.2 Å². The van der Waals surface area contributed by atoms with Gasteiger partial charge in [-0.05, 0) is 54.8 Å². The maximum absolute atomic E-state index is 12.6. The number of fused-ring (bicyclic) bond motifs is 1. The largest absolute Gasteiger partial charge is 0.573 e. The molecule has 0 aliphatic rings. The number of halogens is 3. The van der Waals surface area contributed by atoms with Gasteiger partial charge in [-0.1, -0.05) is 11.3 Å². The Bertz CT molecular complexity index is 1350. The van der Waals surface area contributed by atoms with Crippen molar-refractivity contribution in [3.63, 3.8) is 0 Å². The molecule has 0 amide bonds. The van der Waals surface area contributed by atoms with Gasteiger partial charge in [0.2, 0.25) is 0 Å². The van der Waals surface area contributed by atoms with Crippen LogP contribution in [0.3, 0.4) is 0 Å². The standard InChI is InChI=1S/C24H26F3N9O2/c25-24(26,27)38-20-10-17(3-4-28)9-18(11-20)14-29-5-1-2-7-37-8-6-30-21-12-19(36-15-31-32-16-36)13-22-23(21)34-35-33-22/h9-13,15-16,29-30H,1-3,5-8,14H2,(H,33,34,35). The minimum Gasteiger partial charge on any atom is -0.406 e. The molecule has 2 aromatic carbocycles. The highest BCUT2D eigenvalue weighted by atomic mass is 19.4. The molecule has 0 unspecified atom stereocenters. The molecule has 0 spiro atoms. The number of unbranched alkanes of at least 4 members (excludes halogenated alkanes) is 1. The molecule has 0 radical (unpaired) electrons. The van der Waals surface area contributed by atoms with E-state index in [0.29, 0.717) is 44.0 Å². The van der Waals surface area contributed by atoms with Crippen LogP contribution in [0.15, 0.2) is 43.0 Å². The maximum Gasteiger partial charge on any atom is 0.573 e. The Balaban J connectivity index is 1.14. The van der Waals surface area contributed by atoms with Crippen LogP contribution in [0.1, 0.15) is 24.0 Å². The zero-order valence-corrected chi connectivity index (χ0v) is 20.3. The van der Waals surface area contributed by atoms with E-state index in [0.717, 1.165) is 35.2 Å². The Morgan fingerprint density at radius 3 is 2.61 bits per heavy atom. The van der Waals surface area contributed by atoms with E-state index in [-0.39, 0.29) is 12.2 Å². The summed E-state index contributed by atoms with van der Waals surface area (Å²) in [6.45, 7) is 2.68. The van der Waals surface area contributed by atoms with E-state index in [1.165, 1.54) is 12.1 Å². The Labute approximate surface area is 216 Å². The molecule has 14 heteroatoms. The number of ether oxygens (including phenoxy) is 2. The quantitative estimate of drug-likeness (QED) is 0.210. The highest BCUT2D eigenvalue weighted by Crippen LogP contribution is 2.26. The van der Waals surface area contributed by atoms with Crippen LogP contribution >= 0.6 is 0 Å². The van der Waals surface area contributed by atoms with Crippen molar-refractivity contribution in [1.29, 1.82) is 5.26 Å². The van der Waals surface area contributed by atoms with Crippen molar-refractivity contribution in [1.82, 2.24) is 35.5 Å². The SMILES string of the molecule is N#CCc1cc(CNCCCCOCCNc2cc(-n3cnnc3)cc3[nH]nnc23)cc(OC(F)(F)F)c1. The molecule has 38 heavy (non-hydrogen) atoms. The van der Waals surface area contributed by atoms with Crippen molar-refractivity contribution in [2.75, 3.05) is 31.6 Å². The first-order chi connectivity index (χ1) is 18.4. The zero-order valence-electron chi connectivity index (χ0n) is 20.3. The Morgan fingerprint density at radius 2 is 1.82 bits per heavy atom. The van der Waals surface area contributed by atoms with E-state index < -0.39 is 6.36 Å². The topological polar surface area (TPSA) is 139 Å². The van der Waals surface area contributed by atoms with E-state index in [1.807, 2.05) is 18.2 Å². The number of anilines is 1. The van der Waals surface area contributed by atoms with Crippen LogP contribution in [0.5, 0.6) is 5.75 Å². The molecule has 0 bridgehead atoms. The van der Waals surface area contributed by atoms with E-state index >= 15 is 0 Å². The number of rotatable bonds is 14. The summed E-state index contributed by atoms with van der Waals surface area (Å²) in [7, 11) is 0. The molecule has 0 aliphatic carbocycles. The fourth-order valence-electron chi connectivity index (χ4n) is 3.82. The molecule has 0 saturated heterocycles. The third kappa shape index (κ3) is 7.89. The van der Waals surface area contributed by atoms with Crippen molar-refractivity contribution < 1.29 is 22.6 Å². The second-order valence-corrected chi connectivity index (χ2v) is 8.36. The fraction of sp³-hybridized carbons (Fsp3) is 0.375. The summed E-state index contributed by atoms with van der Waals surface area (Å²) >= 11 is 0. The third-order valence-corrected chi connectivity index (χ3v) is 5.46. The number of alkyl halides is 3. The van der Waals surface area contributed by atoms with Gasteiger partial charge in [-0.25, -0.2) is 0 Å². The van der Waals surface area contributed by atoms with Crippen LogP contribution in [-0.4, -0.2) is 62.8 Å². The van der Waals surface area contributed by atoms with E-state index in [4.69, 9.17) is 10.00 Å². The molecule has 0 aliphatic heterocycles. The Kier molecular flexibility index (Phi) is 9.07. The second-order valence-electron chi connectivity index (χ2n) is 8.36. The predicted molar refractivity (Wildman–Crippen MR) is 131 cm³/mol. The average molecular weight is 530 g/mol. The first-order valence-corrected chi connectivity index (χ1v) is 11.9. The third-order valence-electron chi connectivity index (χ3n) is 5.46. The second kappa shape index (κ2) is 12.8. The number of H-pyrrole nitrogens is 1. The minimum absolute atomic E-state index is 0.00520. The van der Waals surface area contributed by atoms with Crippen LogP contribution in [0.2, 0.25) is 0 Å². The summed E-state index contributed by atoms with van der Waals surface area (Å²) < 4.78 is 49.2. The van der Waals surface area contributed by atoms with Crippen molar-refractivity contribution in [3.8, 4) is 17.5 Å². The molecule has 2 heterocycles. The summed E-state index contributed by atoms with van der Waals surface area (Å²) in [5.74, 6) is -0.321. The minimum atomic E-state index is -4.78. The number of benzene rings is 2. The lowest BCUT2D eigenvalue weighted by molar-refractivity contribution is -0.274. The fourth-order valence-corrected chi connectivity index (χ4v) is 3.82. The molecule has 2 aromatic heterocycles. The smallest absolute Gasteiger partial charge is 0.406 e. The monoisotopic (exact) mass is 529 g/mol. The van der Waals surface area contributed by atoms with Gasteiger partial charge in [0.15, 0.2) is 0 Å². The van der Waals surface area contributed by atoms with Crippen LogP contribution in [0.4, 0.5) is 18.9 Å². The van der Waals surface area contributed by atoms with Crippen LogP contribution in [0, 0.1) is 11.3 Å². The number of aromatic amines is 1. The molecular weight excluding hydrogens is 503 g/mol. The number of nitrogens with zero attached hydrogens (tertiary/aromatic N) is 6. The van der Waals surface area contributed by atoms with Gasteiger partial charge in [0, 0.05) is 19.7 Å². The Morgan fingerprint density at radius 1 is 1.00 bits per heavy atom. The highest BCUT2D eigenvalue weighted by Gasteiger charge is 2.31. The van der Waals surface area contributed by atoms with Gasteiger partial charge in [0.05, 0.1) is 36.0 Å². The average Bonchev–Trinajstić information content (AvgIpc) is 3.56. The summed E-state index contributed by atoms with van der Waals surface area (Å²) in [6, 6.07) is 10.0. The number of nitrogens with one attached hydrogen (secondary N) is 3. The molecule has 0 atom stereocenters. The summed E-state index contributed by atoms with van der Waals surface area (Å²) in [5, 5.41) is 33.9. The van der Waals surface area contributed by atoms with Crippen LogP contribution < -0.4 is 15.4 Å². The lowest BCUT2D eigenvalue weighted by Crippen LogP contribution is -2.18. The molecule has 4 aromatic rings. The van der Waals surface area contributed by atoms with Crippen LogP contribution in [-0.2, 0) is 17.7 Å². The number of aromatic nitrogens is 6. The first-order valence-electron chi connectivity index (χ1n) is 11.9. The highest BCUT2D eigenvalue weighted by molar-refractivity contribution is 5.89. The number of nitriles is 1. The molecule has 0 fully saturated rings. The van der Waals surface area contributed by atoms with Gasteiger partial charge in [-0.3, -0.25) is 9.67 Å². The first kappa shape index (κ1) is 26.8. The molecule has 4 rings (SSSR count). The summed E-state index contributed by atoms with van der Waals surface area (Å²) in [6.07, 6.45) is 0.0933. The van der Waals surface area contributed by atoms with Crippen molar-refractivity contribution in [2.24, 2.45) is 0 Å². The van der Waals surface area contributed by atoms with Crippen molar-refractivity contribution in [3.05, 3.63) is 54.1 Å². The number of hydrogen-bond donors (Lipinski definition) is 3. The molecule has 200 valence electrons. The van der Waals surface area contributed by atoms with Gasteiger partial charge < -0.3 is 20.1 Å². The molecule has 11 nitrogen and oxygen atoms in total. The van der Waals surface area contributed by atoms with Gasteiger partial charge >= 0.3 is 6.36 Å². The van der Waals surface area contributed by atoms with Gasteiger partial charge in [0.25, 0.3) is 0 Å². The predicted octanol–water partition coefficient (Wildman–Crippen LogP) is 3.50. The molecule has 0 saturated carbocycles. The maximum atomic E-state index is 12.6. The van der Waals surface area contributed by atoms with Crippen molar-refractivity contribution >= 4 is 16.7 Å². The summed E-state index contributed by atoms with van der Waals surface area (Å²) in [4.78, 5) is 0. The van der Waals surface area contributed by atoms with Gasteiger partial charge in [-0.2, -0.15) is 5.26 Å². The van der Waals surface area contributed by atoms with Gasteiger partial charge in [-0.15, -0.1) is 28.5 Å². The molecular formula is C24H26F3N9O2.